The number of carboxylic acid groups (broad SMARTS) is 2. The number of aliphatic hydroxyl groups is 6. The number of fused-ring (bicyclic) bond motifs is 6. The lowest BCUT2D eigenvalue weighted by molar-refractivity contribution is -0.360. The first-order chi connectivity index (χ1) is 54.4. The van der Waals surface area contributed by atoms with E-state index in [4.69, 9.17) is 83.6 Å². The van der Waals surface area contributed by atoms with Crippen molar-refractivity contribution in [1.82, 2.24) is 30.1 Å². The molecule has 2 radical (unpaired) electrons. The third-order valence-electron chi connectivity index (χ3n) is 20.2. The second-order valence-corrected chi connectivity index (χ2v) is 30.5. The molecule has 0 saturated carbocycles. The second-order valence-electron chi connectivity index (χ2n) is 27.7. The number of carbonyl (C=O) groups is 7. The summed E-state index contributed by atoms with van der Waals surface area (Å²) < 4.78 is 124. The molecule has 3 unspecified atom stereocenters. The number of alkyl halides is 1. The number of carboxylic acids is 2. The minimum Gasteiger partial charge on any atom is -0.506 e. The van der Waals surface area contributed by atoms with Gasteiger partial charge in [0, 0.05) is 60.4 Å². The molecule has 618 valence electrons. The van der Waals surface area contributed by atoms with Gasteiger partial charge in [0.2, 0.25) is 35.8 Å². The van der Waals surface area contributed by atoms with Crippen LogP contribution in [0.1, 0.15) is 69.2 Å². The van der Waals surface area contributed by atoms with E-state index in [-0.39, 0.29) is 129 Å². The largest absolute Gasteiger partial charge is 0.506 e. The highest BCUT2D eigenvalue weighted by molar-refractivity contribution is 9.09. The Balaban J connectivity index is 0.769. The summed E-state index contributed by atoms with van der Waals surface area (Å²) in [5.74, 6) is -10.8. The molecule has 2 bridgehead atoms. The summed E-state index contributed by atoms with van der Waals surface area (Å²) in [6.07, 6.45) is -21.1. The van der Waals surface area contributed by atoms with Crippen molar-refractivity contribution in [3.8, 4) is 34.4 Å². The number of phenols is 1. The van der Waals surface area contributed by atoms with Gasteiger partial charge in [-0.25, -0.2) is 32.3 Å². The number of aryl methyl sites for hydroxylation is 1. The molecule has 5 fully saturated rings. The molecular formula is C71H84BBrN6O34S. The number of imide groups is 1. The number of rotatable bonds is 36. The van der Waals surface area contributed by atoms with Gasteiger partial charge < -0.3 is 127 Å². The minimum atomic E-state index is -3.86. The molecular weight excluding hydrogens is 1600 g/mol. The lowest BCUT2D eigenvalue weighted by atomic mass is 9.76. The number of aliphatic carboxylic acids is 2. The molecule has 5 aromatic rings. The molecule has 4 aromatic carbocycles. The van der Waals surface area contributed by atoms with Crippen LogP contribution in [0.4, 0.5) is 9.59 Å². The number of alkyl carbamates (subject to hydrolysis) is 1. The number of phenolic OH excluding ortho intramolecular Hbond substituents is 1. The molecule has 10 N–H and O–H groups in total. The van der Waals surface area contributed by atoms with Crippen LogP contribution in [-0.2, 0) is 112 Å². The SMILES string of the molecule is [B][C@@H]1CC(=O)N(CCOCCOCCOCCOCc2cn(-c3cc(COC(=O)NCC45OC6c7c(C)cc8c(OC)c9c(c(O)c8c7O[C@](OC)(C6O4)[C@]5(CBr)OCN(CCS(C)(=O)=O)C(=O)OCc4ccc(O[C@@H]5O[C@H](C(=O)O)[C@@H](O)[C@H](O)[C@H]5O)cc4)C(=O)CCC9)ccc3O[C@@H]3O[C@H](C(=O)O)[C@@H](O)[C@H](O)[C@H]3O)nn2)C1=O. The molecule has 6 aliphatic heterocycles. The number of aromatic nitrogens is 3. The Bertz CT molecular complexity index is 4530. The number of halogens is 1. The van der Waals surface area contributed by atoms with Gasteiger partial charge in [0.1, 0.15) is 113 Å². The first-order valence-electron chi connectivity index (χ1n) is 35.8. The first kappa shape index (κ1) is 84.8. The maximum atomic E-state index is 14.5. The average Bonchev–Trinajstić information content (AvgIpc) is 1.47. The Morgan fingerprint density at radius 3 is 2.03 bits per heavy atom. The molecule has 5 saturated heterocycles. The highest BCUT2D eigenvalue weighted by Gasteiger charge is 2.86. The summed E-state index contributed by atoms with van der Waals surface area (Å²) in [5.41, 5.74) is -0.120. The smallest absolute Gasteiger partial charge is 0.411 e. The number of amides is 4. The molecule has 1 aliphatic carbocycles. The zero-order valence-corrected chi connectivity index (χ0v) is 64.1. The van der Waals surface area contributed by atoms with E-state index in [0.29, 0.717) is 46.2 Å². The molecule has 43 heteroatoms. The number of carbonyl (C=O) groups excluding carboxylic acids is 5. The maximum absolute atomic E-state index is 14.5. The highest BCUT2D eigenvalue weighted by atomic mass is 79.9. The summed E-state index contributed by atoms with van der Waals surface area (Å²) in [7, 11) is 4.45. The van der Waals surface area contributed by atoms with Crippen LogP contribution in [0.2, 0.25) is 5.82 Å². The number of methoxy groups -OCH3 is 2. The van der Waals surface area contributed by atoms with Gasteiger partial charge in [-0.2, -0.15) is 0 Å². The highest BCUT2D eigenvalue weighted by Crippen LogP contribution is 2.68. The number of hydrogen-bond donors (Lipinski definition) is 10. The monoisotopic (exact) mass is 1690 g/mol. The second kappa shape index (κ2) is 35.5. The van der Waals surface area contributed by atoms with E-state index in [0.717, 1.165) is 16.1 Å². The zero-order chi connectivity index (χ0) is 81.9. The number of nitrogens with one attached hydrogen (secondary N) is 1. The zero-order valence-electron chi connectivity index (χ0n) is 61.7. The fourth-order valence-corrected chi connectivity index (χ4v) is 16.0. The standard InChI is InChI=1S/C71H84BBrN6O34S/c1-34-24-40-48(49(82)47-39(56(40)98-2)6-5-7-43(47)80)57-46(34)58-61-71(99-3,112-57)69(31-73,106-33-77(15-23-114(4,96)97)68(95)105-28-35-8-11-38(12-9-35)107-65-54(87)50(83)52(85)59(109-65)63(90)91)70(111-58,113-61)32-74-67(94)104-29-36-10-13-44(108-66-55(88)51(84)53(86)60(110-66)64(92)93)42(25-36)79-27-37(75-76-79)30-103-22-21-102-20-19-101-18-17-100-16-14-78-45(81)26-41(72)62(78)89/h8-13,24-25,27,41,50-55,58-61,65-66,82-88H,5-7,14-23,26,28-33H2,1-4H3,(H,74,94)(H,90,91)(H,92,93)/t41-,50+,51+,52+,53+,54-,55-,58?,59+,60+,61?,65-,66-,69-,70?,71-/m1/s1. The van der Waals surface area contributed by atoms with Gasteiger partial charge in [-0.1, -0.05) is 39.3 Å². The normalized spacial score (nSPS) is 28.2. The summed E-state index contributed by atoms with van der Waals surface area (Å²) in [6.45, 7) is -0.255. The summed E-state index contributed by atoms with van der Waals surface area (Å²) in [6, 6.07) is 11.4. The predicted octanol–water partition coefficient (Wildman–Crippen LogP) is -0.594. The van der Waals surface area contributed by atoms with E-state index >= 15 is 0 Å². The van der Waals surface area contributed by atoms with E-state index in [1.807, 2.05) is 0 Å². The van der Waals surface area contributed by atoms with Crippen molar-refractivity contribution in [2.45, 2.75) is 149 Å². The average molecular weight is 1690 g/mol. The van der Waals surface area contributed by atoms with Gasteiger partial charge in [-0.05, 0) is 66.8 Å². The maximum Gasteiger partial charge on any atom is 0.411 e. The lowest BCUT2D eigenvalue weighted by Crippen LogP contribution is -2.76. The number of hydrogen-bond acceptors (Lipinski definition) is 34. The molecule has 114 heavy (non-hydrogen) atoms. The van der Waals surface area contributed by atoms with Gasteiger partial charge in [-0.3, -0.25) is 24.2 Å². The van der Waals surface area contributed by atoms with Gasteiger partial charge in [-0.15, -0.1) is 5.10 Å². The third-order valence-corrected chi connectivity index (χ3v) is 22.0. The Kier molecular flexibility index (Phi) is 26.4. The number of likely N-dealkylation sites (tertiary alicyclic amines) is 1. The fraction of sp³-hybridized carbons (Fsp3) is 0.563. The van der Waals surface area contributed by atoms with Crippen molar-refractivity contribution >= 4 is 86.1 Å². The van der Waals surface area contributed by atoms with Crippen molar-refractivity contribution in [2.24, 2.45) is 0 Å². The van der Waals surface area contributed by atoms with Gasteiger partial charge in [0.15, 0.2) is 24.1 Å². The molecule has 12 rings (SSSR count). The molecule has 0 spiro atoms. The van der Waals surface area contributed by atoms with E-state index in [2.05, 4.69) is 31.6 Å². The third kappa shape index (κ3) is 17.0. The minimum absolute atomic E-state index is 0.0152. The topological polar surface area (TPSA) is 533 Å². The van der Waals surface area contributed by atoms with Crippen molar-refractivity contribution in [1.29, 1.82) is 0 Å². The van der Waals surface area contributed by atoms with E-state index < -0.39 is 186 Å². The first-order valence-corrected chi connectivity index (χ1v) is 39.0. The van der Waals surface area contributed by atoms with Gasteiger partial charge in [0.05, 0.1) is 104 Å². The number of ketones is 1. The number of ether oxygens (including phenoxy) is 16. The van der Waals surface area contributed by atoms with Crippen molar-refractivity contribution < 1.29 is 164 Å². The summed E-state index contributed by atoms with van der Waals surface area (Å²) in [5, 5.41) is 106. The van der Waals surface area contributed by atoms with E-state index in [1.165, 1.54) is 67.6 Å². The van der Waals surface area contributed by atoms with Crippen LogP contribution in [0.5, 0.6) is 28.7 Å². The Labute approximate surface area is 658 Å². The molecule has 16 atom stereocenters. The van der Waals surface area contributed by atoms with Crippen LogP contribution < -0.4 is 24.3 Å². The lowest BCUT2D eigenvalue weighted by Gasteiger charge is -2.55. The fourth-order valence-electron chi connectivity index (χ4n) is 14.4. The Morgan fingerprint density at radius 1 is 0.781 bits per heavy atom. The van der Waals surface area contributed by atoms with E-state index in [1.54, 1.807) is 13.0 Å². The Hall–Kier alpha value is -8.58. The van der Waals surface area contributed by atoms with Crippen molar-refractivity contribution in [3.05, 3.63) is 93.8 Å². The molecule has 4 amide bonds. The molecule has 7 aliphatic rings. The number of aliphatic hydroxyl groups excluding tert-OH is 6. The summed E-state index contributed by atoms with van der Waals surface area (Å²) >= 11 is 3.60. The van der Waals surface area contributed by atoms with Crippen molar-refractivity contribution in [3.63, 3.8) is 0 Å². The van der Waals surface area contributed by atoms with E-state index in [9.17, 15) is 87.9 Å². The number of sulfone groups is 1. The number of nitrogens with zero attached hydrogens (tertiary/aromatic N) is 5. The predicted molar refractivity (Wildman–Crippen MR) is 384 cm³/mol. The van der Waals surface area contributed by atoms with Crippen LogP contribution >= 0.6 is 15.9 Å². The van der Waals surface area contributed by atoms with Crippen LogP contribution in [0.15, 0.2) is 54.7 Å². The van der Waals surface area contributed by atoms with Crippen molar-refractivity contribution in [2.75, 3.05) is 104 Å². The van der Waals surface area contributed by atoms with Gasteiger partial charge >= 0.3 is 24.1 Å². The van der Waals surface area contributed by atoms with Crippen LogP contribution in [0.3, 0.4) is 0 Å². The number of Topliss-reactive ketones (excluding diaryl/α,β-unsaturated/α-hetero) is 1. The molecule has 7 heterocycles. The van der Waals surface area contributed by atoms with Crippen LogP contribution in [0.25, 0.3) is 16.5 Å². The molecule has 40 nitrogen and oxygen atoms in total. The molecule has 1 aromatic heterocycles. The Morgan fingerprint density at radius 2 is 1.41 bits per heavy atom. The quantitative estimate of drug-likeness (QED) is 0.00787. The van der Waals surface area contributed by atoms with Gasteiger partial charge in [0.25, 0.3) is 5.79 Å². The van der Waals surface area contributed by atoms with Crippen LogP contribution in [0, 0.1) is 6.92 Å². The van der Waals surface area contributed by atoms with Crippen LogP contribution in [-0.4, -0.2) is 318 Å². The summed E-state index contributed by atoms with van der Waals surface area (Å²) in [4.78, 5) is 92.3. The number of benzene rings is 4. The number of aromatic hydroxyl groups is 1.